The van der Waals surface area contributed by atoms with Gasteiger partial charge in [0.2, 0.25) is 0 Å². The van der Waals surface area contributed by atoms with E-state index in [4.69, 9.17) is 16.3 Å². The monoisotopic (exact) mass is 220 g/mol. The molecule has 0 aliphatic rings. The Hall–Kier alpha value is -0.410. The van der Waals surface area contributed by atoms with Crippen molar-refractivity contribution in [2.45, 2.75) is 18.2 Å². The first kappa shape index (κ1) is 10.7. The highest BCUT2D eigenvalue weighted by molar-refractivity contribution is 7.80. The van der Waals surface area contributed by atoms with Crippen molar-refractivity contribution in [3.05, 3.63) is 23.0 Å². The van der Waals surface area contributed by atoms with E-state index < -0.39 is 5.82 Å². The number of hydrogen-bond acceptors (Lipinski definition) is 2. The maximum Gasteiger partial charge on any atom is 0.168 e. The molecule has 0 saturated carbocycles. The second-order valence-electron chi connectivity index (χ2n) is 2.58. The molecule has 0 fully saturated rings. The van der Waals surface area contributed by atoms with Gasteiger partial charge < -0.3 is 4.74 Å². The van der Waals surface area contributed by atoms with Crippen molar-refractivity contribution >= 4 is 24.2 Å². The summed E-state index contributed by atoms with van der Waals surface area (Å²) in [4.78, 5) is 0.429. The summed E-state index contributed by atoms with van der Waals surface area (Å²) in [5.41, 5.74) is 0. The molecule has 13 heavy (non-hydrogen) atoms. The molecule has 72 valence electrons. The number of thiol groups is 1. The maximum atomic E-state index is 13.2. The fourth-order valence-electron chi connectivity index (χ4n) is 0.894. The first-order valence-electron chi connectivity index (χ1n) is 3.96. The second kappa shape index (κ2) is 4.72. The van der Waals surface area contributed by atoms with Gasteiger partial charge in [0.05, 0.1) is 11.5 Å². The van der Waals surface area contributed by atoms with Crippen LogP contribution in [0.3, 0.4) is 0 Å². The molecule has 0 aliphatic carbocycles. The lowest BCUT2D eigenvalue weighted by Crippen LogP contribution is -1.98. The Morgan fingerprint density at radius 2 is 2.23 bits per heavy atom. The quantitative estimate of drug-likeness (QED) is 0.767. The molecule has 4 heteroatoms. The van der Waals surface area contributed by atoms with E-state index in [2.05, 4.69) is 12.6 Å². The van der Waals surface area contributed by atoms with Gasteiger partial charge in [-0.2, -0.15) is 0 Å². The number of halogens is 2. The molecule has 0 aromatic heterocycles. The fourth-order valence-corrected chi connectivity index (χ4v) is 1.49. The molecule has 1 nitrogen and oxygen atoms in total. The van der Waals surface area contributed by atoms with E-state index in [1.165, 1.54) is 6.07 Å². The average Bonchev–Trinajstić information content (AvgIpc) is 2.02. The molecule has 0 aliphatic heterocycles. The number of hydrogen-bond donors (Lipinski definition) is 1. The van der Waals surface area contributed by atoms with Gasteiger partial charge in [-0.1, -0.05) is 18.5 Å². The van der Waals surface area contributed by atoms with E-state index in [0.29, 0.717) is 16.5 Å². The normalized spacial score (nSPS) is 10.2. The third-order valence-electron chi connectivity index (χ3n) is 1.44. The molecular formula is C9H10ClFOS. The van der Waals surface area contributed by atoms with Crippen LogP contribution in [0.25, 0.3) is 0 Å². The van der Waals surface area contributed by atoms with E-state index in [1.807, 2.05) is 6.92 Å². The molecule has 0 spiro atoms. The van der Waals surface area contributed by atoms with Crippen LogP contribution >= 0.6 is 24.2 Å². The van der Waals surface area contributed by atoms with E-state index in [9.17, 15) is 4.39 Å². The Bertz CT molecular complexity index is 281. The van der Waals surface area contributed by atoms with Gasteiger partial charge in [0, 0.05) is 5.02 Å². The van der Waals surface area contributed by atoms with Gasteiger partial charge in [0.1, 0.15) is 0 Å². The van der Waals surface area contributed by atoms with Crippen molar-refractivity contribution in [2.75, 3.05) is 6.61 Å². The average molecular weight is 221 g/mol. The van der Waals surface area contributed by atoms with Crippen molar-refractivity contribution in [2.24, 2.45) is 0 Å². The first-order chi connectivity index (χ1) is 6.15. The molecule has 0 atom stereocenters. The predicted octanol–water partition coefficient (Wildman–Crippen LogP) is 3.56. The molecule has 0 unspecified atom stereocenters. The van der Waals surface area contributed by atoms with E-state index in [0.717, 1.165) is 6.42 Å². The standard InChI is InChI=1S/C9H10ClFOS/c1-2-3-12-9-7(11)4-6(10)5-8(9)13/h4-5,13H,2-3H2,1H3. The Morgan fingerprint density at radius 1 is 1.54 bits per heavy atom. The lowest BCUT2D eigenvalue weighted by Gasteiger charge is -2.08. The maximum absolute atomic E-state index is 13.2. The van der Waals surface area contributed by atoms with Gasteiger partial charge >= 0.3 is 0 Å². The SMILES string of the molecule is CCCOc1c(F)cc(Cl)cc1S. The molecule has 1 aromatic rings. The number of ether oxygens (including phenoxy) is 1. The van der Waals surface area contributed by atoms with Crippen LogP contribution in [0.2, 0.25) is 5.02 Å². The Labute approximate surface area is 87.3 Å². The molecule has 0 bridgehead atoms. The van der Waals surface area contributed by atoms with Crippen molar-refractivity contribution in [3.63, 3.8) is 0 Å². The smallest absolute Gasteiger partial charge is 0.168 e. The van der Waals surface area contributed by atoms with Crippen LogP contribution in [0.1, 0.15) is 13.3 Å². The number of benzene rings is 1. The van der Waals surface area contributed by atoms with Crippen LogP contribution in [0.4, 0.5) is 4.39 Å². The van der Waals surface area contributed by atoms with Crippen LogP contribution in [0.5, 0.6) is 5.75 Å². The molecule has 1 rings (SSSR count). The minimum Gasteiger partial charge on any atom is -0.489 e. The van der Waals surface area contributed by atoms with Crippen molar-refractivity contribution in [1.29, 1.82) is 0 Å². The summed E-state index contributed by atoms with van der Waals surface area (Å²) in [6.07, 6.45) is 0.829. The molecule has 0 saturated heterocycles. The molecule has 0 heterocycles. The molecule has 0 amide bonds. The van der Waals surface area contributed by atoms with Crippen LogP contribution < -0.4 is 4.74 Å². The highest BCUT2D eigenvalue weighted by Crippen LogP contribution is 2.29. The summed E-state index contributed by atoms with van der Waals surface area (Å²) in [6.45, 7) is 2.43. The van der Waals surface area contributed by atoms with Gasteiger partial charge in [-0.15, -0.1) is 12.6 Å². The zero-order valence-electron chi connectivity index (χ0n) is 7.18. The lowest BCUT2D eigenvalue weighted by atomic mass is 10.3. The molecular weight excluding hydrogens is 211 g/mol. The highest BCUT2D eigenvalue weighted by atomic mass is 35.5. The third-order valence-corrected chi connectivity index (χ3v) is 1.99. The van der Waals surface area contributed by atoms with Crippen LogP contribution in [0, 0.1) is 5.82 Å². The molecule has 1 aromatic carbocycles. The summed E-state index contributed by atoms with van der Waals surface area (Å²) < 4.78 is 18.3. The van der Waals surface area contributed by atoms with Crippen molar-refractivity contribution < 1.29 is 9.13 Å². The summed E-state index contributed by atoms with van der Waals surface area (Å²) in [6, 6.07) is 2.77. The molecule has 0 radical (unpaired) electrons. The topological polar surface area (TPSA) is 9.23 Å². The van der Waals surface area contributed by atoms with Gasteiger partial charge in [0.15, 0.2) is 11.6 Å². The summed E-state index contributed by atoms with van der Waals surface area (Å²) >= 11 is 9.67. The van der Waals surface area contributed by atoms with Crippen LogP contribution in [0.15, 0.2) is 17.0 Å². The Balaban J connectivity index is 2.92. The fraction of sp³-hybridized carbons (Fsp3) is 0.333. The zero-order chi connectivity index (χ0) is 9.84. The summed E-state index contributed by atoms with van der Waals surface area (Å²) in [5.74, 6) is -0.291. The number of rotatable bonds is 3. The summed E-state index contributed by atoms with van der Waals surface area (Å²) in [7, 11) is 0. The predicted molar refractivity (Wildman–Crippen MR) is 54.4 cm³/mol. The largest absolute Gasteiger partial charge is 0.489 e. The van der Waals surface area contributed by atoms with Crippen molar-refractivity contribution in [1.82, 2.24) is 0 Å². The van der Waals surface area contributed by atoms with Gasteiger partial charge in [0.25, 0.3) is 0 Å². The molecule has 0 N–H and O–H groups in total. The minimum absolute atomic E-state index is 0.176. The van der Waals surface area contributed by atoms with Gasteiger partial charge in [-0.3, -0.25) is 0 Å². The minimum atomic E-state index is -0.467. The van der Waals surface area contributed by atoms with Crippen LogP contribution in [-0.2, 0) is 0 Å². The Morgan fingerprint density at radius 3 is 2.77 bits per heavy atom. The van der Waals surface area contributed by atoms with E-state index in [1.54, 1.807) is 6.07 Å². The third kappa shape index (κ3) is 2.78. The van der Waals surface area contributed by atoms with Gasteiger partial charge in [-0.25, -0.2) is 4.39 Å². The van der Waals surface area contributed by atoms with E-state index >= 15 is 0 Å². The summed E-state index contributed by atoms with van der Waals surface area (Å²) in [5, 5.41) is 0.325. The Kier molecular flexibility index (Phi) is 3.88. The second-order valence-corrected chi connectivity index (χ2v) is 3.50. The first-order valence-corrected chi connectivity index (χ1v) is 4.78. The van der Waals surface area contributed by atoms with Crippen molar-refractivity contribution in [3.8, 4) is 5.75 Å². The zero-order valence-corrected chi connectivity index (χ0v) is 8.83. The van der Waals surface area contributed by atoms with Gasteiger partial charge in [-0.05, 0) is 18.6 Å². The van der Waals surface area contributed by atoms with Crippen LogP contribution in [-0.4, -0.2) is 6.61 Å². The van der Waals surface area contributed by atoms with E-state index in [-0.39, 0.29) is 5.75 Å². The lowest BCUT2D eigenvalue weighted by molar-refractivity contribution is 0.294. The highest BCUT2D eigenvalue weighted by Gasteiger charge is 2.08.